The molecule has 2 amide bonds. The molecule has 0 bridgehead atoms. The summed E-state index contributed by atoms with van der Waals surface area (Å²) in [5.74, 6) is 1.44. The fraction of sp³-hybridized carbons (Fsp3) is 0.500. The van der Waals surface area contributed by atoms with Gasteiger partial charge in [0.2, 0.25) is 0 Å². The Bertz CT molecular complexity index is 599. The van der Waals surface area contributed by atoms with E-state index in [0.717, 1.165) is 42.8 Å². The molecular formula is C16H22N4O2. The van der Waals surface area contributed by atoms with E-state index in [1.54, 1.807) is 7.11 Å². The second kappa shape index (κ2) is 6.79. The van der Waals surface area contributed by atoms with Crippen LogP contribution in [-0.2, 0) is 4.74 Å². The molecule has 3 rings (SSSR count). The number of ether oxygens (including phenoxy) is 1. The van der Waals surface area contributed by atoms with Gasteiger partial charge in [-0.25, -0.2) is 9.78 Å². The van der Waals surface area contributed by atoms with E-state index >= 15 is 0 Å². The zero-order valence-electron chi connectivity index (χ0n) is 12.8. The summed E-state index contributed by atoms with van der Waals surface area (Å²) < 4.78 is 4.94. The number of nitrogens with one attached hydrogen (secondary N) is 2. The van der Waals surface area contributed by atoms with E-state index in [2.05, 4.69) is 15.3 Å². The number of aromatic nitrogens is 2. The van der Waals surface area contributed by atoms with Gasteiger partial charge in [0.15, 0.2) is 0 Å². The Morgan fingerprint density at radius 3 is 2.91 bits per heavy atom. The molecular weight excluding hydrogens is 280 g/mol. The molecule has 2 heterocycles. The molecule has 0 unspecified atom stereocenters. The topological polar surface area (TPSA) is 70.2 Å². The lowest BCUT2D eigenvalue weighted by Crippen LogP contribution is -2.45. The minimum atomic E-state index is 0.0000982. The SMILES string of the molecule is COCCNC(=O)N1CCC(c2nc3ccccc3[nH]2)CC1. The standard InChI is InChI=1S/C16H22N4O2/c1-22-11-8-17-16(21)20-9-6-12(7-10-20)15-18-13-4-2-3-5-14(13)19-15/h2-5,12H,6-11H2,1H3,(H,17,21)(H,18,19). The second-order valence-corrected chi connectivity index (χ2v) is 5.63. The quantitative estimate of drug-likeness (QED) is 0.850. The summed E-state index contributed by atoms with van der Waals surface area (Å²) in [6.45, 7) is 2.63. The second-order valence-electron chi connectivity index (χ2n) is 5.63. The van der Waals surface area contributed by atoms with Crippen molar-refractivity contribution in [3.05, 3.63) is 30.1 Å². The van der Waals surface area contributed by atoms with Crippen LogP contribution in [0.3, 0.4) is 0 Å². The van der Waals surface area contributed by atoms with Crippen molar-refractivity contribution in [2.24, 2.45) is 0 Å². The number of para-hydroxylation sites is 2. The van der Waals surface area contributed by atoms with Crippen LogP contribution in [0.4, 0.5) is 4.79 Å². The molecule has 0 saturated carbocycles. The van der Waals surface area contributed by atoms with E-state index in [0.29, 0.717) is 19.1 Å². The summed E-state index contributed by atoms with van der Waals surface area (Å²) >= 11 is 0. The molecule has 1 aliphatic heterocycles. The lowest BCUT2D eigenvalue weighted by Gasteiger charge is -2.31. The molecule has 1 aromatic heterocycles. The molecule has 1 aliphatic rings. The fourth-order valence-electron chi connectivity index (χ4n) is 2.89. The molecule has 1 saturated heterocycles. The summed E-state index contributed by atoms with van der Waals surface area (Å²) in [5, 5.41) is 2.87. The Kier molecular flexibility index (Phi) is 4.58. The van der Waals surface area contributed by atoms with Crippen LogP contribution in [0.5, 0.6) is 0 Å². The van der Waals surface area contributed by atoms with Gasteiger partial charge in [-0.2, -0.15) is 0 Å². The van der Waals surface area contributed by atoms with Crippen LogP contribution >= 0.6 is 0 Å². The number of H-pyrrole nitrogens is 1. The molecule has 6 nitrogen and oxygen atoms in total. The van der Waals surface area contributed by atoms with Crippen molar-refractivity contribution in [2.45, 2.75) is 18.8 Å². The Hall–Kier alpha value is -2.08. The molecule has 6 heteroatoms. The average Bonchev–Trinajstić information content (AvgIpc) is 2.99. The van der Waals surface area contributed by atoms with E-state index in [-0.39, 0.29) is 6.03 Å². The van der Waals surface area contributed by atoms with Crippen molar-refractivity contribution in [3.8, 4) is 0 Å². The number of nitrogens with zero attached hydrogens (tertiary/aromatic N) is 2. The summed E-state index contributed by atoms with van der Waals surface area (Å²) in [7, 11) is 1.63. The zero-order chi connectivity index (χ0) is 15.4. The van der Waals surface area contributed by atoms with Crippen molar-refractivity contribution in [3.63, 3.8) is 0 Å². The Balaban J connectivity index is 1.56. The van der Waals surface area contributed by atoms with Crippen molar-refractivity contribution in [2.75, 3.05) is 33.4 Å². The van der Waals surface area contributed by atoms with E-state index in [1.807, 2.05) is 29.2 Å². The highest BCUT2D eigenvalue weighted by molar-refractivity contribution is 5.75. The van der Waals surface area contributed by atoms with Crippen LogP contribution in [0.25, 0.3) is 11.0 Å². The smallest absolute Gasteiger partial charge is 0.317 e. The summed E-state index contributed by atoms with van der Waals surface area (Å²) in [5.41, 5.74) is 2.09. The molecule has 1 aromatic carbocycles. The van der Waals surface area contributed by atoms with Crippen molar-refractivity contribution in [1.82, 2.24) is 20.2 Å². The van der Waals surface area contributed by atoms with Crippen LogP contribution in [-0.4, -0.2) is 54.2 Å². The lowest BCUT2D eigenvalue weighted by molar-refractivity contribution is 0.168. The number of fused-ring (bicyclic) bond motifs is 1. The number of piperidine rings is 1. The first-order valence-corrected chi connectivity index (χ1v) is 7.74. The highest BCUT2D eigenvalue weighted by Gasteiger charge is 2.25. The van der Waals surface area contributed by atoms with Crippen molar-refractivity contribution >= 4 is 17.1 Å². The minimum Gasteiger partial charge on any atom is -0.383 e. The van der Waals surface area contributed by atoms with Gasteiger partial charge < -0.3 is 19.9 Å². The third kappa shape index (κ3) is 3.22. The lowest BCUT2D eigenvalue weighted by atomic mass is 9.96. The van der Waals surface area contributed by atoms with Gasteiger partial charge in [0.05, 0.1) is 17.6 Å². The van der Waals surface area contributed by atoms with Crippen LogP contribution in [0, 0.1) is 0 Å². The Morgan fingerprint density at radius 1 is 1.41 bits per heavy atom. The number of hydrogen-bond donors (Lipinski definition) is 2. The van der Waals surface area contributed by atoms with Gasteiger partial charge in [-0.05, 0) is 25.0 Å². The third-order valence-corrected chi connectivity index (χ3v) is 4.16. The number of aromatic amines is 1. The predicted octanol–water partition coefficient (Wildman–Crippen LogP) is 2.10. The van der Waals surface area contributed by atoms with Crippen LogP contribution < -0.4 is 5.32 Å². The number of carbonyl (C=O) groups is 1. The molecule has 2 N–H and O–H groups in total. The molecule has 2 aromatic rings. The van der Waals surface area contributed by atoms with Gasteiger partial charge in [0, 0.05) is 32.7 Å². The highest BCUT2D eigenvalue weighted by atomic mass is 16.5. The number of methoxy groups -OCH3 is 1. The molecule has 0 atom stereocenters. The van der Waals surface area contributed by atoms with Gasteiger partial charge in [0.1, 0.15) is 5.82 Å². The van der Waals surface area contributed by atoms with Gasteiger partial charge in [-0.3, -0.25) is 0 Å². The molecule has 1 fully saturated rings. The predicted molar refractivity (Wildman–Crippen MR) is 84.9 cm³/mol. The number of amides is 2. The summed E-state index contributed by atoms with van der Waals surface area (Å²) in [4.78, 5) is 21.9. The molecule has 118 valence electrons. The number of hydrogen-bond acceptors (Lipinski definition) is 3. The molecule has 0 aliphatic carbocycles. The van der Waals surface area contributed by atoms with Crippen LogP contribution in [0.2, 0.25) is 0 Å². The molecule has 0 spiro atoms. The Morgan fingerprint density at radius 2 is 2.18 bits per heavy atom. The number of rotatable bonds is 4. The number of imidazole rings is 1. The van der Waals surface area contributed by atoms with Gasteiger partial charge in [-0.1, -0.05) is 12.1 Å². The number of carbonyl (C=O) groups excluding carboxylic acids is 1. The average molecular weight is 302 g/mol. The maximum Gasteiger partial charge on any atom is 0.317 e. The first kappa shape index (κ1) is 14.8. The van der Waals surface area contributed by atoms with Crippen LogP contribution in [0.1, 0.15) is 24.6 Å². The third-order valence-electron chi connectivity index (χ3n) is 4.16. The Labute approximate surface area is 129 Å². The molecule has 22 heavy (non-hydrogen) atoms. The largest absolute Gasteiger partial charge is 0.383 e. The van der Waals surface area contributed by atoms with E-state index in [9.17, 15) is 4.79 Å². The maximum atomic E-state index is 12.0. The maximum absolute atomic E-state index is 12.0. The highest BCUT2D eigenvalue weighted by Crippen LogP contribution is 2.27. The molecule has 0 radical (unpaired) electrons. The fourth-order valence-corrected chi connectivity index (χ4v) is 2.89. The van der Waals surface area contributed by atoms with Gasteiger partial charge in [-0.15, -0.1) is 0 Å². The summed E-state index contributed by atoms with van der Waals surface area (Å²) in [6.07, 6.45) is 1.88. The normalized spacial score (nSPS) is 16.1. The summed E-state index contributed by atoms with van der Waals surface area (Å²) in [6, 6.07) is 8.08. The van der Waals surface area contributed by atoms with Gasteiger partial charge >= 0.3 is 6.03 Å². The number of urea groups is 1. The van der Waals surface area contributed by atoms with Crippen LogP contribution in [0.15, 0.2) is 24.3 Å². The number of likely N-dealkylation sites (tertiary alicyclic amines) is 1. The van der Waals surface area contributed by atoms with E-state index in [1.165, 1.54) is 0 Å². The first-order valence-electron chi connectivity index (χ1n) is 7.74. The van der Waals surface area contributed by atoms with Crippen molar-refractivity contribution in [1.29, 1.82) is 0 Å². The minimum absolute atomic E-state index is 0.0000982. The first-order chi connectivity index (χ1) is 10.8. The monoisotopic (exact) mass is 302 g/mol. The van der Waals surface area contributed by atoms with E-state index < -0.39 is 0 Å². The number of benzene rings is 1. The van der Waals surface area contributed by atoms with Crippen molar-refractivity contribution < 1.29 is 9.53 Å². The van der Waals surface area contributed by atoms with Gasteiger partial charge in [0.25, 0.3) is 0 Å². The zero-order valence-corrected chi connectivity index (χ0v) is 12.8. The van der Waals surface area contributed by atoms with E-state index in [4.69, 9.17) is 4.74 Å².